The highest BCUT2D eigenvalue weighted by Crippen LogP contribution is 2.41. The van der Waals surface area contributed by atoms with Gasteiger partial charge in [0.25, 0.3) is 6.43 Å². The van der Waals surface area contributed by atoms with E-state index in [1.807, 2.05) is 0 Å². The Hall–Kier alpha value is -2.15. The van der Waals surface area contributed by atoms with Crippen molar-refractivity contribution in [2.45, 2.75) is 12.6 Å². The molecule has 0 amide bonds. The summed E-state index contributed by atoms with van der Waals surface area (Å²) in [5.41, 5.74) is 1.33. The van der Waals surface area contributed by atoms with E-state index in [4.69, 9.17) is 9.47 Å². The van der Waals surface area contributed by atoms with Gasteiger partial charge in [0.2, 0.25) is 0 Å². The highest BCUT2D eigenvalue weighted by atomic mass is 79.9. The lowest BCUT2D eigenvalue weighted by Gasteiger charge is -2.12. The number of hydrogen-bond donors (Lipinski definition) is 1. The van der Waals surface area contributed by atoms with E-state index in [0.29, 0.717) is 38.1 Å². The average Bonchev–Trinajstić information content (AvgIpc) is 2.98. The highest BCUT2D eigenvalue weighted by molar-refractivity contribution is 9.10. The fraction of sp³-hybridized carbons (Fsp3) is 0.222. The summed E-state index contributed by atoms with van der Waals surface area (Å²) in [6, 6.07) is 10.0. The number of methoxy groups -OCH3 is 2. The second-order valence-corrected chi connectivity index (χ2v) is 6.33. The number of alkyl halides is 3. The van der Waals surface area contributed by atoms with Crippen LogP contribution in [-0.2, 0) is 0 Å². The van der Waals surface area contributed by atoms with E-state index in [9.17, 15) is 13.2 Å². The summed E-state index contributed by atoms with van der Waals surface area (Å²) in [6.07, 6.45) is -5.54. The maximum absolute atomic E-state index is 14.4. The Morgan fingerprint density at radius 3 is 2.32 bits per heavy atom. The van der Waals surface area contributed by atoms with Gasteiger partial charge in [-0.2, -0.15) is 0 Å². The second-order valence-electron chi connectivity index (χ2n) is 5.41. The van der Waals surface area contributed by atoms with Crippen molar-refractivity contribution in [1.29, 1.82) is 0 Å². The van der Waals surface area contributed by atoms with Crippen LogP contribution in [0.3, 0.4) is 0 Å². The molecule has 132 valence electrons. The summed E-state index contributed by atoms with van der Waals surface area (Å²) in [5.74, 6) is 0.926. The molecular weight excluding hydrogens is 399 g/mol. The molecule has 3 rings (SSSR count). The molecule has 0 saturated heterocycles. The predicted octanol–water partition coefficient (Wildman–Crippen LogP) is 5.89. The molecule has 3 nitrogen and oxygen atoms in total. The van der Waals surface area contributed by atoms with Crippen LogP contribution in [0.15, 0.2) is 40.9 Å². The molecule has 1 atom stereocenters. The van der Waals surface area contributed by atoms with E-state index in [0.717, 1.165) is 0 Å². The molecule has 0 fully saturated rings. The van der Waals surface area contributed by atoms with Crippen LogP contribution in [0.25, 0.3) is 22.2 Å². The number of nitrogens with one attached hydrogen (secondary N) is 1. The van der Waals surface area contributed by atoms with Crippen LogP contribution in [0.1, 0.15) is 11.7 Å². The van der Waals surface area contributed by atoms with Gasteiger partial charge in [-0.3, -0.25) is 0 Å². The van der Waals surface area contributed by atoms with Crippen molar-refractivity contribution >= 4 is 26.8 Å². The predicted molar refractivity (Wildman–Crippen MR) is 94.4 cm³/mol. The maximum atomic E-state index is 14.4. The lowest BCUT2D eigenvalue weighted by molar-refractivity contribution is 0.0506. The van der Waals surface area contributed by atoms with Gasteiger partial charge >= 0.3 is 0 Å². The molecule has 3 aromatic rings. The number of aromatic nitrogens is 1. The molecule has 0 radical (unpaired) electrons. The number of rotatable bonds is 5. The number of benzene rings is 2. The van der Waals surface area contributed by atoms with Crippen LogP contribution >= 0.6 is 15.9 Å². The Kier molecular flexibility index (Phi) is 4.94. The van der Waals surface area contributed by atoms with E-state index in [-0.39, 0.29) is 5.56 Å². The molecule has 1 heterocycles. The first kappa shape index (κ1) is 17.7. The van der Waals surface area contributed by atoms with E-state index in [1.165, 1.54) is 14.2 Å². The van der Waals surface area contributed by atoms with Gasteiger partial charge in [0.15, 0.2) is 17.7 Å². The third-order valence-corrected chi connectivity index (χ3v) is 4.46. The summed E-state index contributed by atoms with van der Waals surface area (Å²) in [7, 11) is 2.97. The Morgan fingerprint density at radius 1 is 0.960 bits per heavy atom. The molecule has 2 aromatic carbocycles. The van der Waals surface area contributed by atoms with Crippen LogP contribution in [0.4, 0.5) is 13.2 Å². The largest absolute Gasteiger partial charge is 0.493 e. The second kappa shape index (κ2) is 7.00. The van der Waals surface area contributed by atoms with Crippen molar-refractivity contribution in [1.82, 2.24) is 4.98 Å². The van der Waals surface area contributed by atoms with Gasteiger partial charge in [0.05, 0.1) is 19.9 Å². The average molecular weight is 414 g/mol. The normalized spacial score (nSPS) is 12.6. The van der Waals surface area contributed by atoms with Crippen LogP contribution in [0, 0.1) is 0 Å². The zero-order valence-electron chi connectivity index (χ0n) is 13.4. The smallest absolute Gasteiger partial charge is 0.273 e. The molecule has 0 aliphatic heterocycles. The van der Waals surface area contributed by atoms with E-state index in [1.54, 1.807) is 36.4 Å². The van der Waals surface area contributed by atoms with Gasteiger partial charge in [-0.15, -0.1) is 0 Å². The minimum Gasteiger partial charge on any atom is -0.493 e. The molecule has 1 N–H and O–H groups in total. The van der Waals surface area contributed by atoms with Gasteiger partial charge in [0.1, 0.15) is 0 Å². The SMILES string of the molecule is COc1ccc(-c2[nH]c3ccc(Br)cc3c2C(F)C(F)F)cc1OC. The number of hydrogen-bond acceptors (Lipinski definition) is 2. The van der Waals surface area contributed by atoms with Crippen molar-refractivity contribution in [2.24, 2.45) is 0 Å². The summed E-state index contributed by atoms with van der Waals surface area (Å²) >= 11 is 3.30. The van der Waals surface area contributed by atoms with Crippen LogP contribution in [0.2, 0.25) is 0 Å². The highest BCUT2D eigenvalue weighted by Gasteiger charge is 2.29. The van der Waals surface area contributed by atoms with E-state index < -0.39 is 12.6 Å². The Balaban J connectivity index is 2.27. The van der Waals surface area contributed by atoms with Gasteiger partial charge in [-0.05, 0) is 36.4 Å². The first-order valence-electron chi connectivity index (χ1n) is 7.42. The molecule has 1 unspecified atom stereocenters. The lowest BCUT2D eigenvalue weighted by Crippen LogP contribution is -2.04. The van der Waals surface area contributed by atoms with Crippen LogP contribution in [0.5, 0.6) is 11.5 Å². The molecule has 7 heteroatoms. The van der Waals surface area contributed by atoms with Crippen LogP contribution < -0.4 is 9.47 Å². The topological polar surface area (TPSA) is 34.2 Å². The first-order chi connectivity index (χ1) is 12.0. The number of halogens is 4. The molecule has 0 aliphatic rings. The van der Waals surface area contributed by atoms with Crippen molar-refractivity contribution in [2.75, 3.05) is 14.2 Å². The minimum atomic E-state index is -3.13. The number of aromatic amines is 1. The third kappa shape index (κ3) is 3.20. The fourth-order valence-electron chi connectivity index (χ4n) is 2.82. The molecule has 1 aromatic heterocycles. The molecule has 0 aliphatic carbocycles. The van der Waals surface area contributed by atoms with Crippen molar-refractivity contribution in [3.05, 3.63) is 46.4 Å². The Morgan fingerprint density at radius 2 is 1.68 bits per heavy atom. The molecule has 0 bridgehead atoms. The monoisotopic (exact) mass is 413 g/mol. The quantitative estimate of drug-likeness (QED) is 0.565. The lowest BCUT2D eigenvalue weighted by atomic mass is 10.0. The summed E-state index contributed by atoms with van der Waals surface area (Å²) < 4.78 is 51.8. The van der Waals surface area contributed by atoms with E-state index >= 15 is 0 Å². The standard InChI is InChI=1S/C18H15BrF3NO2/c1-24-13-6-3-9(7-14(13)25-2)17-15(16(20)18(21)22)11-8-10(19)4-5-12(11)23-17/h3-8,16,18,23H,1-2H3. The number of ether oxygens (including phenoxy) is 2. The van der Waals surface area contributed by atoms with Gasteiger partial charge < -0.3 is 14.5 Å². The Bertz CT molecular complexity index is 911. The summed E-state index contributed by atoms with van der Waals surface area (Å²) in [5, 5.41) is 0.409. The van der Waals surface area contributed by atoms with Crippen molar-refractivity contribution < 1.29 is 22.6 Å². The van der Waals surface area contributed by atoms with Crippen LogP contribution in [-0.4, -0.2) is 25.6 Å². The third-order valence-electron chi connectivity index (χ3n) is 3.97. The number of H-pyrrole nitrogens is 1. The zero-order valence-corrected chi connectivity index (χ0v) is 15.0. The number of fused-ring (bicyclic) bond motifs is 1. The van der Waals surface area contributed by atoms with Gasteiger partial charge in [-0.1, -0.05) is 15.9 Å². The maximum Gasteiger partial charge on any atom is 0.273 e. The molecule has 0 spiro atoms. The molecule has 25 heavy (non-hydrogen) atoms. The van der Waals surface area contributed by atoms with Gasteiger partial charge in [0, 0.05) is 26.5 Å². The summed E-state index contributed by atoms with van der Waals surface area (Å²) in [6.45, 7) is 0. The van der Waals surface area contributed by atoms with E-state index in [2.05, 4.69) is 20.9 Å². The minimum absolute atomic E-state index is 0.0708. The molecule has 0 saturated carbocycles. The summed E-state index contributed by atoms with van der Waals surface area (Å²) in [4.78, 5) is 3.04. The first-order valence-corrected chi connectivity index (χ1v) is 8.21. The fourth-order valence-corrected chi connectivity index (χ4v) is 3.18. The zero-order chi connectivity index (χ0) is 18.1. The molecular formula is C18H15BrF3NO2. The van der Waals surface area contributed by atoms with Crippen molar-refractivity contribution in [3.63, 3.8) is 0 Å². The van der Waals surface area contributed by atoms with Crippen molar-refractivity contribution in [3.8, 4) is 22.8 Å². The van der Waals surface area contributed by atoms with Gasteiger partial charge in [-0.25, -0.2) is 13.2 Å². The Labute approximate surface area is 150 Å².